The van der Waals surface area contributed by atoms with Crippen molar-refractivity contribution in [3.05, 3.63) is 36.5 Å². The van der Waals surface area contributed by atoms with Gasteiger partial charge in [0.15, 0.2) is 0 Å². The van der Waals surface area contributed by atoms with Crippen LogP contribution in [0.4, 0.5) is 0 Å². The third-order valence-corrected chi connectivity index (χ3v) is 5.97. The van der Waals surface area contributed by atoms with Gasteiger partial charge in [0.1, 0.15) is 0 Å². The van der Waals surface area contributed by atoms with Crippen molar-refractivity contribution in [2.75, 3.05) is 0 Å². The van der Waals surface area contributed by atoms with Crippen molar-refractivity contribution in [3.63, 3.8) is 0 Å². The van der Waals surface area contributed by atoms with Crippen LogP contribution in [0.3, 0.4) is 0 Å². The molecule has 0 amide bonds. The molecule has 0 heterocycles. The fourth-order valence-corrected chi connectivity index (χ4v) is 3.91. The molecule has 0 saturated carbocycles. The van der Waals surface area contributed by atoms with Crippen molar-refractivity contribution >= 4 is 12.3 Å². The Labute approximate surface area is 102 Å². The van der Waals surface area contributed by atoms with E-state index >= 15 is 0 Å². The summed E-state index contributed by atoms with van der Waals surface area (Å²) in [6.45, 7) is 15.0. The zero-order chi connectivity index (χ0) is 13.0. The monoisotopic (exact) mass is 255 g/mol. The van der Waals surface area contributed by atoms with E-state index in [9.17, 15) is 14.4 Å². The predicted octanol–water partition coefficient (Wildman–Crippen LogP) is 1.91. The molecule has 0 unspecified atom stereocenters. The summed E-state index contributed by atoms with van der Waals surface area (Å²) >= 11 is -3.22. The summed E-state index contributed by atoms with van der Waals surface area (Å²) in [6, 6.07) is 0. The quantitative estimate of drug-likeness (QED) is 0.538. The van der Waals surface area contributed by atoms with Crippen LogP contribution in [-0.2, 0) is 32.3 Å². The number of hydrogen-bond acceptors (Lipinski definition) is 3. The summed E-state index contributed by atoms with van der Waals surface area (Å²) in [5, 5.41) is 0. The molecule has 3 nitrogen and oxygen atoms in total. The number of allylic oxidation sites excluding steroid dienone is 3. The van der Waals surface area contributed by atoms with Gasteiger partial charge in [0, 0.05) is 0 Å². The van der Waals surface area contributed by atoms with Gasteiger partial charge in [-0.1, -0.05) is 0 Å². The van der Waals surface area contributed by atoms with Gasteiger partial charge in [-0.3, -0.25) is 0 Å². The summed E-state index contributed by atoms with van der Waals surface area (Å²) in [6.07, 6.45) is 0. The van der Waals surface area contributed by atoms with E-state index in [1.165, 1.54) is 20.8 Å². The van der Waals surface area contributed by atoms with Gasteiger partial charge in [-0.05, 0) is 0 Å². The van der Waals surface area contributed by atoms with Crippen LogP contribution in [0.15, 0.2) is 36.5 Å². The van der Waals surface area contributed by atoms with E-state index in [1.807, 2.05) is 0 Å². The normalized spacial score (nSPS) is 9.19. The molecule has 0 aliphatic rings. The Morgan fingerprint density at radius 2 is 0.875 bits per heavy atom. The molecule has 0 N–H and O–H groups in total. The molecule has 85 valence electrons. The van der Waals surface area contributed by atoms with Crippen molar-refractivity contribution in [3.8, 4) is 0 Å². The molecule has 0 bridgehead atoms. The Kier molecular flexibility index (Phi) is 5.49. The second kappa shape index (κ2) is 5.87. The Bertz CT molecular complexity index is 343. The minimum atomic E-state index is -3.22. The average molecular weight is 255 g/mol. The second-order valence-electron chi connectivity index (χ2n) is 3.70. The third kappa shape index (κ3) is 3.51. The molecule has 0 spiro atoms. The Morgan fingerprint density at radius 3 is 1.00 bits per heavy atom. The molecule has 0 aliphatic carbocycles. The van der Waals surface area contributed by atoms with E-state index in [0.717, 1.165) is 0 Å². The van der Waals surface area contributed by atoms with Gasteiger partial charge in [-0.15, -0.1) is 0 Å². The van der Waals surface area contributed by atoms with Gasteiger partial charge in [-0.25, -0.2) is 0 Å². The number of rotatable bonds is 6. The summed E-state index contributed by atoms with van der Waals surface area (Å²) in [4.78, 5) is 35.4. The summed E-state index contributed by atoms with van der Waals surface area (Å²) < 4.78 is -1.21. The molecule has 4 heteroatoms. The van der Waals surface area contributed by atoms with Crippen LogP contribution in [-0.4, -0.2) is 12.3 Å². The maximum absolute atomic E-state index is 11.8. The van der Waals surface area contributed by atoms with Crippen LogP contribution in [0.5, 0.6) is 0 Å². The van der Waals surface area contributed by atoms with Gasteiger partial charge in [0.25, 0.3) is 0 Å². The molecule has 0 radical (unpaired) electrons. The first kappa shape index (κ1) is 14.9. The average Bonchev–Trinajstić information content (AvgIpc) is 2.16. The van der Waals surface area contributed by atoms with Gasteiger partial charge in [-0.2, -0.15) is 0 Å². The first-order valence-corrected chi connectivity index (χ1v) is 7.02. The molecule has 0 aromatic carbocycles. The molecular formula is C12H15O3Ti. The fourth-order valence-electron chi connectivity index (χ4n) is 0.950. The van der Waals surface area contributed by atoms with Crippen LogP contribution < -0.4 is 0 Å². The van der Waals surface area contributed by atoms with E-state index in [-0.39, 0.29) is 16.7 Å². The first-order chi connectivity index (χ1) is 7.20. The van der Waals surface area contributed by atoms with E-state index in [4.69, 9.17) is 0 Å². The Balaban J connectivity index is 5.39. The first-order valence-electron chi connectivity index (χ1n) is 4.67. The molecule has 0 fully saturated rings. The molecule has 16 heavy (non-hydrogen) atoms. The van der Waals surface area contributed by atoms with Gasteiger partial charge in [0.2, 0.25) is 0 Å². The van der Waals surface area contributed by atoms with Crippen LogP contribution in [0.2, 0.25) is 0 Å². The third-order valence-electron chi connectivity index (χ3n) is 1.84. The van der Waals surface area contributed by atoms with Crippen LogP contribution in [0, 0.1) is 0 Å². The summed E-state index contributed by atoms with van der Waals surface area (Å²) in [5.41, 5.74) is 0.748. The molecule has 0 aromatic heterocycles. The van der Waals surface area contributed by atoms with Crippen molar-refractivity contribution in [1.82, 2.24) is 0 Å². The maximum atomic E-state index is 11.8. The van der Waals surface area contributed by atoms with Gasteiger partial charge < -0.3 is 0 Å². The van der Waals surface area contributed by atoms with E-state index in [2.05, 4.69) is 19.7 Å². The summed E-state index contributed by atoms with van der Waals surface area (Å²) in [7, 11) is 0. The van der Waals surface area contributed by atoms with E-state index in [1.54, 1.807) is 0 Å². The van der Waals surface area contributed by atoms with Crippen LogP contribution >= 0.6 is 0 Å². The summed E-state index contributed by atoms with van der Waals surface area (Å²) in [5.74, 6) is 0. The van der Waals surface area contributed by atoms with Crippen molar-refractivity contribution < 1.29 is 32.3 Å². The van der Waals surface area contributed by atoms with E-state index < -0.39 is 30.1 Å². The molecule has 0 atom stereocenters. The SMILES string of the molecule is C=C(C)[C](=O)[Ti]([C](=O)C(=C)C)[C](=O)C(=C)C. The van der Waals surface area contributed by atoms with E-state index in [0.29, 0.717) is 0 Å². The van der Waals surface area contributed by atoms with Gasteiger partial charge >= 0.3 is 102 Å². The molecule has 0 aromatic rings. The minimum absolute atomic E-state index is 0.249. The molecular weight excluding hydrogens is 240 g/mol. The Morgan fingerprint density at radius 1 is 0.688 bits per heavy atom. The number of carbonyl (C=O) groups is 3. The zero-order valence-corrected chi connectivity index (χ0v) is 11.4. The fraction of sp³-hybridized carbons (Fsp3) is 0.250. The van der Waals surface area contributed by atoms with Crippen molar-refractivity contribution in [2.45, 2.75) is 20.8 Å². The molecule has 0 rings (SSSR count). The zero-order valence-electron chi connectivity index (χ0n) is 9.85. The number of carbonyl (C=O) groups excluding carboxylic acids is 3. The van der Waals surface area contributed by atoms with Gasteiger partial charge in [0.05, 0.1) is 0 Å². The second-order valence-corrected chi connectivity index (χ2v) is 7.00. The van der Waals surface area contributed by atoms with Crippen molar-refractivity contribution in [1.29, 1.82) is 0 Å². The van der Waals surface area contributed by atoms with Crippen molar-refractivity contribution in [2.24, 2.45) is 0 Å². The van der Waals surface area contributed by atoms with Crippen LogP contribution in [0.25, 0.3) is 0 Å². The topological polar surface area (TPSA) is 51.2 Å². The predicted molar refractivity (Wildman–Crippen MR) is 59.5 cm³/mol. The van der Waals surface area contributed by atoms with Crippen LogP contribution in [0.1, 0.15) is 20.8 Å². The molecule has 0 saturated heterocycles. The Hall–Kier alpha value is -1.06. The standard InChI is InChI=1S/3C4H5O.Ti/c3*1-4(2)3-5;/h3*1H2,2H3;. The molecule has 0 aliphatic heterocycles. The number of hydrogen-bond donors (Lipinski definition) is 0.